The standard InChI is InChI=1S/C17H29N3O6S/c21-14(18-6-8-26-10-9-25-7-5-15(22)23)4-2-1-3-13-16-12(11-27-13)19-17(24)20-16/h12-13,16H,1-11H2,(H,18,21)(H,22,23)(H2,19,20,24)/t12-,13-,16-/m1/s1. The zero-order valence-electron chi connectivity index (χ0n) is 15.4. The predicted octanol–water partition coefficient (Wildman–Crippen LogP) is 0.336. The number of carboxylic acid groups (broad SMARTS) is 1. The van der Waals surface area contributed by atoms with Crippen molar-refractivity contribution in [1.29, 1.82) is 0 Å². The fourth-order valence-corrected chi connectivity index (χ4v) is 4.65. The van der Waals surface area contributed by atoms with Crippen molar-refractivity contribution in [2.75, 3.05) is 38.7 Å². The van der Waals surface area contributed by atoms with Gasteiger partial charge in [-0.05, 0) is 12.8 Å². The zero-order chi connectivity index (χ0) is 19.5. The van der Waals surface area contributed by atoms with Crippen molar-refractivity contribution in [2.45, 2.75) is 49.4 Å². The highest BCUT2D eigenvalue weighted by atomic mass is 32.2. The average molecular weight is 404 g/mol. The summed E-state index contributed by atoms with van der Waals surface area (Å²) >= 11 is 1.89. The Bertz CT molecular complexity index is 507. The number of ether oxygens (including phenoxy) is 2. The molecular formula is C17H29N3O6S. The number of fused-ring (bicyclic) bond motifs is 1. The molecule has 3 amide bonds. The van der Waals surface area contributed by atoms with Crippen molar-refractivity contribution in [3.05, 3.63) is 0 Å². The number of urea groups is 1. The molecule has 3 atom stereocenters. The number of carboxylic acids is 1. The van der Waals surface area contributed by atoms with Gasteiger partial charge in [0.1, 0.15) is 0 Å². The molecule has 154 valence electrons. The molecule has 0 radical (unpaired) electrons. The first-order valence-corrected chi connectivity index (χ1v) is 10.4. The summed E-state index contributed by atoms with van der Waals surface area (Å²) in [5.74, 6) is 0.0929. The van der Waals surface area contributed by atoms with Crippen LogP contribution < -0.4 is 16.0 Å². The zero-order valence-corrected chi connectivity index (χ0v) is 16.2. The van der Waals surface area contributed by atoms with E-state index in [-0.39, 0.29) is 37.0 Å². The first kappa shape index (κ1) is 21.8. The molecule has 2 rings (SSSR count). The van der Waals surface area contributed by atoms with Gasteiger partial charge in [-0.1, -0.05) is 6.42 Å². The molecule has 0 spiro atoms. The Morgan fingerprint density at radius 3 is 2.67 bits per heavy atom. The van der Waals surface area contributed by atoms with Crippen LogP contribution in [0.15, 0.2) is 0 Å². The van der Waals surface area contributed by atoms with Gasteiger partial charge in [0.25, 0.3) is 0 Å². The number of unbranched alkanes of at least 4 members (excludes halogenated alkanes) is 1. The van der Waals surface area contributed by atoms with Crippen LogP contribution in [0.3, 0.4) is 0 Å². The van der Waals surface area contributed by atoms with Gasteiger partial charge in [0.2, 0.25) is 5.91 Å². The molecular weight excluding hydrogens is 374 g/mol. The molecule has 0 unspecified atom stereocenters. The molecule has 2 aliphatic rings. The average Bonchev–Trinajstić information content (AvgIpc) is 3.16. The van der Waals surface area contributed by atoms with E-state index in [1.54, 1.807) is 0 Å². The molecule has 9 nitrogen and oxygen atoms in total. The first-order valence-electron chi connectivity index (χ1n) is 9.39. The molecule has 2 aliphatic heterocycles. The quantitative estimate of drug-likeness (QED) is 0.243. The van der Waals surface area contributed by atoms with Gasteiger partial charge >= 0.3 is 12.0 Å². The fourth-order valence-electron chi connectivity index (χ4n) is 3.11. The number of carbonyl (C=O) groups is 3. The van der Waals surface area contributed by atoms with Crippen LogP contribution in [0, 0.1) is 0 Å². The second-order valence-electron chi connectivity index (χ2n) is 6.59. The summed E-state index contributed by atoms with van der Waals surface area (Å²) in [6.07, 6.45) is 3.29. The van der Waals surface area contributed by atoms with Gasteiger partial charge in [-0.3, -0.25) is 9.59 Å². The molecule has 2 heterocycles. The lowest BCUT2D eigenvalue weighted by Gasteiger charge is -2.16. The number of hydrogen-bond acceptors (Lipinski definition) is 6. The third-order valence-corrected chi connectivity index (χ3v) is 5.99. The summed E-state index contributed by atoms with van der Waals surface area (Å²) in [5, 5.41) is 17.6. The summed E-state index contributed by atoms with van der Waals surface area (Å²) in [5.41, 5.74) is 0. The van der Waals surface area contributed by atoms with Crippen LogP contribution in [0.25, 0.3) is 0 Å². The molecule has 0 bridgehead atoms. The Morgan fingerprint density at radius 1 is 1.11 bits per heavy atom. The minimum atomic E-state index is -0.882. The van der Waals surface area contributed by atoms with Crippen LogP contribution in [0.1, 0.15) is 32.1 Å². The fraction of sp³-hybridized carbons (Fsp3) is 0.824. The van der Waals surface area contributed by atoms with Crippen molar-refractivity contribution >= 4 is 29.7 Å². The van der Waals surface area contributed by atoms with Crippen molar-refractivity contribution in [1.82, 2.24) is 16.0 Å². The summed E-state index contributed by atoms with van der Waals surface area (Å²) in [4.78, 5) is 33.4. The molecule has 2 fully saturated rings. The van der Waals surface area contributed by atoms with Gasteiger partial charge in [-0.2, -0.15) is 11.8 Å². The number of carbonyl (C=O) groups excluding carboxylic acids is 2. The van der Waals surface area contributed by atoms with Crippen LogP contribution in [0.5, 0.6) is 0 Å². The van der Waals surface area contributed by atoms with Gasteiger partial charge in [0, 0.05) is 24.0 Å². The van der Waals surface area contributed by atoms with E-state index in [4.69, 9.17) is 14.6 Å². The summed E-state index contributed by atoms with van der Waals surface area (Å²) < 4.78 is 10.4. The first-order chi connectivity index (χ1) is 13.1. The molecule has 0 aromatic rings. The van der Waals surface area contributed by atoms with E-state index in [2.05, 4.69) is 16.0 Å². The lowest BCUT2D eigenvalue weighted by molar-refractivity contribution is -0.138. The number of aliphatic carboxylic acids is 1. The third kappa shape index (κ3) is 8.35. The highest BCUT2D eigenvalue weighted by molar-refractivity contribution is 8.00. The Hall–Kier alpha value is -1.52. The van der Waals surface area contributed by atoms with E-state index in [9.17, 15) is 14.4 Å². The molecule has 4 N–H and O–H groups in total. The van der Waals surface area contributed by atoms with Gasteiger partial charge < -0.3 is 30.5 Å². The van der Waals surface area contributed by atoms with E-state index in [1.807, 2.05) is 11.8 Å². The van der Waals surface area contributed by atoms with Crippen molar-refractivity contribution in [3.63, 3.8) is 0 Å². The molecule has 27 heavy (non-hydrogen) atoms. The van der Waals surface area contributed by atoms with E-state index in [0.717, 1.165) is 25.0 Å². The molecule has 10 heteroatoms. The van der Waals surface area contributed by atoms with Crippen LogP contribution in [-0.2, 0) is 19.1 Å². The normalized spacial score (nSPS) is 23.6. The minimum absolute atomic E-state index is 0.0117. The Balaban J connectivity index is 1.38. The molecule has 2 saturated heterocycles. The van der Waals surface area contributed by atoms with Gasteiger partial charge in [0.05, 0.1) is 44.9 Å². The smallest absolute Gasteiger partial charge is 0.315 e. The second kappa shape index (κ2) is 12.0. The largest absolute Gasteiger partial charge is 0.481 e. The van der Waals surface area contributed by atoms with Crippen molar-refractivity contribution in [3.8, 4) is 0 Å². The maximum atomic E-state index is 11.8. The van der Waals surface area contributed by atoms with E-state index in [0.29, 0.717) is 38.0 Å². The maximum Gasteiger partial charge on any atom is 0.315 e. The third-order valence-electron chi connectivity index (χ3n) is 4.48. The van der Waals surface area contributed by atoms with Crippen LogP contribution in [0.2, 0.25) is 0 Å². The van der Waals surface area contributed by atoms with Gasteiger partial charge in [-0.25, -0.2) is 4.79 Å². The lowest BCUT2D eigenvalue weighted by Crippen LogP contribution is -2.36. The maximum absolute atomic E-state index is 11.8. The van der Waals surface area contributed by atoms with Crippen LogP contribution in [-0.4, -0.2) is 79.1 Å². The topological polar surface area (TPSA) is 126 Å². The van der Waals surface area contributed by atoms with Gasteiger partial charge in [0.15, 0.2) is 0 Å². The monoisotopic (exact) mass is 403 g/mol. The molecule has 0 aliphatic carbocycles. The number of thioether (sulfide) groups is 1. The highest BCUT2D eigenvalue weighted by Crippen LogP contribution is 2.33. The number of hydrogen-bond donors (Lipinski definition) is 4. The molecule has 0 aromatic heterocycles. The Kier molecular flexibility index (Phi) is 9.71. The van der Waals surface area contributed by atoms with Crippen LogP contribution in [0.4, 0.5) is 4.79 Å². The SMILES string of the molecule is O=C(O)CCOCCOCCNC(=O)CCCC[C@H]1SC[C@H]2NC(=O)N[C@H]21. The van der Waals surface area contributed by atoms with Crippen LogP contribution >= 0.6 is 11.8 Å². The number of amides is 3. The van der Waals surface area contributed by atoms with Crippen molar-refractivity contribution in [2.24, 2.45) is 0 Å². The van der Waals surface area contributed by atoms with E-state index in [1.165, 1.54) is 0 Å². The number of rotatable bonds is 14. The van der Waals surface area contributed by atoms with E-state index >= 15 is 0 Å². The minimum Gasteiger partial charge on any atom is -0.481 e. The van der Waals surface area contributed by atoms with Crippen molar-refractivity contribution < 1.29 is 29.0 Å². The number of nitrogens with one attached hydrogen (secondary N) is 3. The predicted molar refractivity (Wildman–Crippen MR) is 101 cm³/mol. The summed E-state index contributed by atoms with van der Waals surface area (Å²) in [6.45, 7) is 1.76. The van der Waals surface area contributed by atoms with Gasteiger partial charge in [-0.15, -0.1) is 0 Å². The Labute approximate surface area is 163 Å². The second-order valence-corrected chi connectivity index (χ2v) is 7.86. The summed E-state index contributed by atoms with van der Waals surface area (Å²) in [6, 6.07) is 0.406. The summed E-state index contributed by atoms with van der Waals surface area (Å²) in [7, 11) is 0. The Morgan fingerprint density at radius 2 is 1.89 bits per heavy atom. The van der Waals surface area contributed by atoms with E-state index < -0.39 is 5.97 Å². The molecule has 0 saturated carbocycles. The highest BCUT2D eigenvalue weighted by Gasteiger charge is 2.42. The molecule has 0 aromatic carbocycles. The lowest BCUT2D eigenvalue weighted by atomic mass is 10.0.